The summed E-state index contributed by atoms with van der Waals surface area (Å²) >= 11 is 7.46. The Labute approximate surface area is 185 Å². The number of hydrogen-bond donors (Lipinski definition) is 0. The average Bonchev–Trinajstić information content (AvgIpc) is 3.13. The van der Waals surface area contributed by atoms with Crippen molar-refractivity contribution in [3.05, 3.63) is 44.9 Å². The minimum atomic E-state index is -0.954. The number of amides is 1. The van der Waals surface area contributed by atoms with E-state index in [1.165, 1.54) is 11.3 Å². The molecule has 1 aromatic carbocycles. The highest BCUT2D eigenvalue weighted by atomic mass is 35.5. The molecule has 0 saturated carbocycles. The van der Waals surface area contributed by atoms with Crippen molar-refractivity contribution < 1.29 is 14.3 Å². The number of aryl methyl sites for hydroxylation is 1. The molecule has 1 aliphatic heterocycles. The molecule has 2 aliphatic rings. The molecular weight excluding hydrogens is 422 g/mol. The van der Waals surface area contributed by atoms with E-state index in [0.717, 1.165) is 48.1 Å². The number of benzene rings is 1. The smallest absolute Gasteiger partial charge is 0.266 e. The summed E-state index contributed by atoms with van der Waals surface area (Å²) in [5, 5.41) is 1.63. The number of hydrogen-bond acceptors (Lipinski definition) is 6. The maximum Gasteiger partial charge on any atom is 0.266 e. The van der Waals surface area contributed by atoms with Gasteiger partial charge in [0.2, 0.25) is 0 Å². The number of piperazine rings is 1. The summed E-state index contributed by atoms with van der Waals surface area (Å²) in [5.41, 5.74) is 0.0197. The van der Waals surface area contributed by atoms with Gasteiger partial charge in [-0.15, -0.1) is 11.3 Å². The first kappa shape index (κ1) is 21.3. The van der Waals surface area contributed by atoms with Crippen molar-refractivity contribution in [3.8, 4) is 5.75 Å². The van der Waals surface area contributed by atoms with Crippen molar-refractivity contribution in [2.45, 2.75) is 45.3 Å². The van der Waals surface area contributed by atoms with Crippen LogP contribution in [-0.2, 0) is 17.8 Å². The van der Waals surface area contributed by atoms with Crippen LogP contribution in [0.1, 0.15) is 47.1 Å². The number of carbonyl (C=O) groups excluding carboxylic acids is 2. The van der Waals surface area contributed by atoms with Gasteiger partial charge in [-0.1, -0.05) is 11.6 Å². The minimum Gasteiger partial charge on any atom is -0.478 e. The predicted molar refractivity (Wildman–Crippen MR) is 117 cm³/mol. The highest BCUT2D eigenvalue weighted by Crippen LogP contribution is 2.28. The normalized spacial score (nSPS) is 17.7. The second-order valence-corrected chi connectivity index (χ2v) is 9.81. The Bertz CT molecular complexity index is 934. The third kappa shape index (κ3) is 4.68. The molecule has 1 amide bonds. The van der Waals surface area contributed by atoms with Gasteiger partial charge in [-0.25, -0.2) is 4.98 Å². The Morgan fingerprint density at radius 1 is 1.17 bits per heavy atom. The zero-order chi connectivity index (χ0) is 21.3. The zero-order valence-electron chi connectivity index (χ0n) is 17.3. The van der Waals surface area contributed by atoms with E-state index in [2.05, 4.69) is 9.88 Å². The largest absolute Gasteiger partial charge is 0.478 e. The fraction of sp³-hybridized carbons (Fsp3) is 0.500. The highest BCUT2D eigenvalue weighted by Gasteiger charge is 2.36. The molecule has 0 unspecified atom stereocenters. The van der Waals surface area contributed by atoms with Gasteiger partial charge in [0.25, 0.3) is 5.91 Å². The molecule has 4 rings (SSSR count). The molecule has 0 spiro atoms. The Balaban J connectivity index is 1.32. The van der Waals surface area contributed by atoms with Crippen LogP contribution in [0.5, 0.6) is 5.75 Å². The van der Waals surface area contributed by atoms with Gasteiger partial charge in [0.1, 0.15) is 10.8 Å². The molecule has 0 bridgehead atoms. The fourth-order valence-electron chi connectivity index (χ4n) is 3.91. The van der Waals surface area contributed by atoms with Gasteiger partial charge in [-0.3, -0.25) is 14.5 Å². The first-order valence-corrected chi connectivity index (χ1v) is 11.5. The van der Waals surface area contributed by atoms with Gasteiger partial charge in [0.15, 0.2) is 11.4 Å². The summed E-state index contributed by atoms with van der Waals surface area (Å²) in [6, 6.07) is 7.04. The molecule has 8 heteroatoms. The molecule has 0 atom stereocenters. The summed E-state index contributed by atoms with van der Waals surface area (Å²) in [6.07, 6.45) is 2.45. The lowest BCUT2D eigenvalue weighted by Crippen LogP contribution is -2.55. The van der Waals surface area contributed by atoms with Crippen molar-refractivity contribution in [2.24, 2.45) is 0 Å². The van der Waals surface area contributed by atoms with Crippen molar-refractivity contribution in [3.63, 3.8) is 0 Å². The molecule has 6 nitrogen and oxygen atoms in total. The summed E-state index contributed by atoms with van der Waals surface area (Å²) < 4.78 is 5.95. The van der Waals surface area contributed by atoms with Crippen LogP contribution in [0.2, 0.25) is 5.02 Å². The van der Waals surface area contributed by atoms with E-state index in [9.17, 15) is 9.59 Å². The molecule has 1 aliphatic carbocycles. The molecule has 30 heavy (non-hydrogen) atoms. The first-order valence-electron chi connectivity index (χ1n) is 10.3. The third-order valence-corrected chi connectivity index (χ3v) is 6.91. The number of ether oxygens (including phenoxy) is 1. The summed E-state index contributed by atoms with van der Waals surface area (Å²) in [6.45, 7) is 7.19. The van der Waals surface area contributed by atoms with Crippen LogP contribution in [0, 0.1) is 0 Å². The molecule has 2 heterocycles. The number of halogens is 1. The lowest BCUT2D eigenvalue weighted by atomic mass is 10.0. The van der Waals surface area contributed by atoms with E-state index in [0.29, 0.717) is 30.3 Å². The van der Waals surface area contributed by atoms with Crippen molar-refractivity contribution in [2.75, 3.05) is 26.2 Å². The molecule has 0 N–H and O–H groups in total. The Morgan fingerprint density at radius 2 is 1.87 bits per heavy atom. The maximum atomic E-state index is 13.0. The zero-order valence-corrected chi connectivity index (χ0v) is 18.9. The summed E-state index contributed by atoms with van der Waals surface area (Å²) in [5.74, 6) is 0.837. The number of thiazole rings is 1. The molecule has 1 aromatic heterocycles. The van der Waals surface area contributed by atoms with E-state index < -0.39 is 5.60 Å². The van der Waals surface area contributed by atoms with Gasteiger partial charge >= 0.3 is 0 Å². The van der Waals surface area contributed by atoms with Gasteiger partial charge in [0, 0.05) is 37.6 Å². The summed E-state index contributed by atoms with van der Waals surface area (Å²) in [7, 11) is 0. The number of ketones is 1. The molecular formula is C22H26ClN3O3S. The summed E-state index contributed by atoms with van der Waals surface area (Å²) in [4.78, 5) is 34.8. The predicted octanol–water partition coefficient (Wildman–Crippen LogP) is 3.82. The van der Waals surface area contributed by atoms with E-state index in [1.54, 1.807) is 38.1 Å². The number of Topliss-reactive ketones (excluding diaryl/α,β-unsaturated/α-hetero) is 1. The lowest BCUT2D eigenvalue weighted by Gasteiger charge is -2.38. The monoisotopic (exact) mass is 447 g/mol. The van der Waals surface area contributed by atoms with E-state index in [1.807, 2.05) is 4.90 Å². The third-order valence-electron chi connectivity index (χ3n) is 5.53. The van der Waals surface area contributed by atoms with E-state index in [-0.39, 0.29) is 11.7 Å². The topological polar surface area (TPSA) is 62.7 Å². The van der Waals surface area contributed by atoms with Crippen LogP contribution in [0.15, 0.2) is 24.3 Å². The Morgan fingerprint density at radius 3 is 2.53 bits per heavy atom. The van der Waals surface area contributed by atoms with Crippen LogP contribution in [0.3, 0.4) is 0 Å². The van der Waals surface area contributed by atoms with E-state index in [4.69, 9.17) is 16.3 Å². The number of rotatable bonds is 5. The molecule has 1 saturated heterocycles. The Hall–Kier alpha value is -1.96. The van der Waals surface area contributed by atoms with Gasteiger partial charge < -0.3 is 9.64 Å². The Kier molecular flexibility index (Phi) is 6.14. The van der Waals surface area contributed by atoms with Crippen LogP contribution in [0.25, 0.3) is 0 Å². The molecule has 0 radical (unpaired) electrons. The van der Waals surface area contributed by atoms with Gasteiger partial charge in [0.05, 0.1) is 17.1 Å². The van der Waals surface area contributed by atoms with Crippen molar-refractivity contribution >= 4 is 34.6 Å². The SMILES string of the molecule is CC(C)(Oc1ccc(Cl)cc1)C(=O)N1CCN(Cc2nc3c(s2)C(=O)CCC3)CC1. The van der Waals surface area contributed by atoms with Crippen molar-refractivity contribution in [1.29, 1.82) is 0 Å². The molecule has 160 valence electrons. The van der Waals surface area contributed by atoms with E-state index >= 15 is 0 Å². The lowest BCUT2D eigenvalue weighted by molar-refractivity contribution is -0.147. The minimum absolute atomic E-state index is 0.0209. The van der Waals surface area contributed by atoms with Crippen LogP contribution in [0.4, 0.5) is 0 Å². The second-order valence-electron chi connectivity index (χ2n) is 8.29. The van der Waals surface area contributed by atoms with Gasteiger partial charge in [-0.2, -0.15) is 0 Å². The van der Waals surface area contributed by atoms with Crippen LogP contribution >= 0.6 is 22.9 Å². The molecule has 2 aromatic rings. The van der Waals surface area contributed by atoms with Gasteiger partial charge in [-0.05, 0) is 51.0 Å². The maximum absolute atomic E-state index is 13.0. The quantitative estimate of drug-likeness (QED) is 0.697. The van der Waals surface area contributed by atoms with Crippen LogP contribution in [-0.4, -0.2) is 58.3 Å². The highest BCUT2D eigenvalue weighted by molar-refractivity contribution is 7.13. The fourth-order valence-corrected chi connectivity index (χ4v) is 5.15. The van der Waals surface area contributed by atoms with Crippen molar-refractivity contribution in [1.82, 2.24) is 14.8 Å². The number of nitrogens with zero attached hydrogens (tertiary/aromatic N) is 3. The number of carbonyl (C=O) groups is 2. The number of fused-ring (bicyclic) bond motifs is 1. The average molecular weight is 448 g/mol. The number of aromatic nitrogens is 1. The second kappa shape index (κ2) is 8.65. The molecule has 1 fully saturated rings. The standard InChI is InChI=1S/C22H26ClN3O3S/c1-22(2,29-16-8-6-15(23)7-9-16)21(28)26-12-10-25(11-13-26)14-19-24-17-4-3-5-18(27)20(17)30-19/h6-9H,3-5,10-14H2,1-2H3. The van der Waals surface area contributed by atoms with Crippen LogP contribution < -0.4 is 4.74 Å². The first-order chi connectivity index (χ1) is 14.3.